The lowest BCUT2D eigenvalue weighted by Crippen LogP contribution is -2.47. The Morgan fingerprint density at radius 3 is 2.15 bits per heavy atom. The van der Waals surface area contributed by atoms with Crippen LogP contribution in [0.5, 0.6) is 0 Å². The number of carboxylic acids is 1. The quantitative estimate of drug-likeness (QED) is 0.716. The minimum atomic E-state index is -0.928. The van der Waals surface area contributed by atoms with Crippen LogP contribution in [-0.4, -0.2) is 23.0 Å². The molecule has 20 heavy (non-hydrogen) atoms. The van der Waals surface area contributed by atoms with Crippen LogP contribution < -0.4 is 11.1 Å². The van der Waals surface area contributed by atoms with Crippen molar-refractivity contribution in [1.29, 1.82) is 0 Å². The Kier molecular flexibility index (Phi) is 4.76. The smallest absolute Gasteiger partial charge is 0.308 e. The molecule has 2 atom stereocenters. The highest BCUT2D eigenvalue weighted by Crippen LogP contribution is 2.24. The van der Waals surface area contributed by atoms with Gasteiger partial charge in [0, 0.05) is 11.7 Å². The number of rotatable bonds is 5. The molecule has 1 amide bonds. The largest absolute Gasteiger partial charge is 0.481 e. The van der Waals surface area contributed by atoms with E-state index in [0.29, 0.717) is 5.69 Å². The van der Waals surface area contributed by atoms with Gasteiger partial charge in [0.25, 0.3) is 0 Å². The third kappa shape index (κ3) is 3.50. The Bertz CT molecular complexity index is 494. The number of nitrogen functional groups attached to an aromatic ring is 1. The molecule has 0 aliphatic carbocycles. The van der Waals surface area contributed by atoms with Gasteiger partial charge in [0.05, 0.1) is 11.3 Å². The van der Waals surface area contributed by atoms with Crippen LogP contribution >= 0.6 is 0 Å². The normalized spacial score (nSPS) is 14.4. The lowest BCUT2D eigenvalue weighted by atomic mass is 9.83. The Morgan fingerprint density at radius 1 is 1.20 bits per heavy atom. The predicted octanol–water partition coefficient (Wildman–Crippen LogP) is 1.77. The molecule has 0 spiro atoms. The molecule has 0 saturated heterocycles. The van der Waals surface area contributed by atoms with Crippen molar-refractivity contribution in [3.63, 3.8) is 0 Å². The van der Waals surface area contributed by atoms with Gasteiger partial charge in [0.15, 0.2) is 0 Å². The highest BCUT2D eigenvalue weighted by Gasteiger charge is 2.32. The van der Waals surface area contributed by atoms with E-state index in [1.165, 1.54) is 0 Å². The zero-order valence-corrected chi connectivity index (χ0v) is 12.3. The van der Waals surface area contributed by atoms with E-state index in [1.54, 1.807) is 52.0 Å². The molecular weight excluding hydrogens is 256 g/mol. The van der Waals surface area contributed by atoms with Gasteiger partial charge in [-0.25, -0.2) is 0 Å². The third-order valence-corrected chi connectivity index (χ3v) is 3.70. The summed E-state index contributed by atoms with van der Waals surface area (Å²) in [6.07, 6.45) is 0. The van der Waals surface area contributed by atoms with Crippen molar-refractivity contribution < 1.29 is 14.7 Å². The maximum atomic E-state index is 12.4. The van der Waals surface area contributed by atoms with Crippen molar-refractivity contribution in [2.75, 3.05) is 5.73 Å². The zero-order valence-electron chi connectivity index (χ0n) is 12.3. The monoisotopic (exact) mass is 278 g/mol. The fourth-order valence-corrected chi connectivity index (χ4v) is 1.76. The molecule has 0 fully saturated rings. The summed E-state index contributed by atoms with van der Waals surface area (Å²) in [5.74, 6) is -1.77. The van der Waals surface area contributed by atoms with Crippen molar-refractivity contribution in [2.45, 2.75) is 39.2 Å². The number of amides is 1. The van der Waals surface area contributed by atoms with Crippen LogP contribution in [0.15, 0.2) is 24.3 Å². The number of carbonyl (C=O) groups is 2. The molecule has 0 aromatic heterocycles. The summed E-state index contributed by atoms with van der Waals surface area (Å²) in [7, 11) is 0. The van der Waals surface area contributed by atoms with Crippen LogP contribution in [0.1, 0.15) is 33.3 Å². The molecule has 5 heteroatoms. The van der Waals surface area contributed by atoms with E-state index in [9.17, 15) is 9.59 Å². The maximum Gasteiger partial charge on any atom is 0.308 e. The van der Waals surface area contributed by atoms with E-state index in [2.05, 4.69) is 5.32 Å². The number of carboxylic acid groups (broad SMARTS) is 1. The SMILES string of the molecule is CC(NC(=O)C(C)(C)c1ccc(N)cc1)C(C)C(=O)O. The molecule has 4 N–H and O–H groups in total. The van der Waals surface area contributed by atoms with Gasteiger partial charge in [0.1, 0.15) is 0 Å². The van der Waals surface area contributed by atoms with E-state index in [1.807, 2.05) is 0 Å². The van der Waals surface area contributed by atoms with Gasteiger partial charge in [-0.1, -0.05) is 12.1 Å². The second-order valence-electron chi connectivity index (χ2n) is 5.64. The summed E-state index contributed by atoms with van der Waals surface area (Å²) in [5.41, 5.74) is 6.35. The first-order valence-corrected chi connectivity index (χ1v) is 6.56. The average Bonchev–Trinajstić information content (AvgIpc) is 2.37. The Labute approximate surface area is 119 Å². The maximum absolute atomic E-state index is 12.4. The first-order chi connectivity index (χ1) is 9.16. The molecule has 1 rings (SSSR count). The van der Waals surface area contributed by atoms with Gasteiger partial charge in [0.2, 0.25) is 5.91 Å². The van der Waals surface area contributed by atoms with Crippen molar-refractivity contribution in [2.24, 2.45) is 5.92 Å². The van der Waals surface area contributed by atoms with Crippen LogP contribution in [0, 0.1) is 5.92 Å². The van der Waals surface area contributed by atoms with Gasteiger partial charge in [-0.2, -0.15) is 0 Å². The van der Waals surface area contributed by atoms with Crippen molar-refractivity contribution in [3.8, 4) is 0 Å². The van der Waals surface area contributed by atoms with Gasteiger partial charge in [-0.05, 0) is 45.4 Å². The van der Waals surface area contributed by atoms with Crippen LogP contribution in [0.2, 0.25) is 0 Å². The van der Waals surface area contributed by atoms with Gasteiger partial charge >= 0.3 is 5.97 Å². The lowest BCUT2D eigenvalue weighted by molar-refractivity contribution is -0.142. The number of nitrogens with one attached hydrogen (secondary N) is 1. The number of anilines is 1. The molecular formula is C15H22N2O3. The highest BCUT2D eigenvalue weighted by molar-refractivity contribution is 5.88. The number of aliphatic carboxylic acids is 1. The first kappa shape index (κ1) is 16.0. The standard InChI is InChI=1S/C15H22N2O3/c1-9(13(18)19)10(2)17-14(20)15(3,4)11-5-7-12(16)8-6-11/h5-10H,16H2,1-4H3,(H,17,20)(H,18,19). The molecule has 5 nitrogen and oxygen atoms in total. The topological polar surface area (TPSA) is 92.4 Å². The van der Waals surface area contributed by atoms with Gasteiger partial charge < -0.3 is 16.2 Å². The van der Waals surface area contributed by atoms with Gasteiger partial charge in [-0.15, -0.1) is 0 Å². The van der Waals surface area contributed by atoms with E-state index in [-0.39, 0.29) is 5.91 Å². The van der Waals surface area contributed by atoms with Crippen LogP contribution in [0.4, 0.5) is 5.69 Å². The summed E-state index contributed by atoms with van der Waals surface area (Å²) in [6, 6.07) is 6.66. The summed E-state index contributed by atoms with van der Waals surface area (Å²) >= 11 is 0. The van der Waals surface area contributed by atoms with Crippen LogP contribution in [0.3, 0.4) is 0 Å². The fourth-order valence-electron chi connectivity index (χ4n) is 1.76. The third-order valence-electron chi connectivity index (χ3n) is 3.70. The molecule has 110 valence electrons. The molecule has 0 aliphatic heterocycles. The van der Waals surface area contributed by atoms with Crippen LogP contribution in [0.25, 0.3) is 0 Å². The molecule has 0 saturated carbocycles. The summed E-state index contributed by atoms with van der Waals surface area (Å²) < 4.78 is 0. The number of carbonyl (C=O) groups excluding carboxylic acids is 1. The molecule has 1 aromatic carbocycles. The van der Waals surface area contributed by atoms with Crippen molar-refractivity contribution in [1.82, 2.24) is 5.32 Å². The van der Waals surface area contributed by atoms with E-state index >= 15 is 0 Å². The van der Waals surface area contributed by atoms with E-state index in [4.69, 9.17) is 10.8 Å². The average molecular weight is 278 g/mol. The summed E-state index contributed by atoms with van der Waals surface area (Å²) in [5, 5.41) is 11.7. The molecule has 0 radical (unpaired) electrons. The molecule has 2 unspecified atom stereocenters. The number of benzene rings is 1. The number of hydrogen-bond acceptors (Lipinski definition) is 3. The van der Waals surface area contributed by atoms with E-state index < -0.39 is 23.3 Å². The second kappa shape index (κ2) is 5.94. The fraction of sp³-hybridized carbons (Fsp3) is 0.467. The second-order valence-corrected chi connectivity index (χ2v) is 5.64. The van der Waals surface area contributed by atoms with Crippen molar-refractivity contribution >= 4 is 17.6 Å². The van der Waals surface area contributed by atoms with Gasteiger partial charge in [-0.3, -0.25) is 9.59 Å². The van der Waals surface area contributed by atoms with E-state index in [0.717, 1.165) is 5.56 Å². The minimum absolute atomic E-state index is 0.206. The Hall–Kier alpha value is -2.04. The van der Waals surface area contributed by atoms with Crippen LogP contribution in [-0.2, 0) is 15.0 Å². The first-order valence-electron chi connectivity index (χ1n) is 6.56. The number of nitrogens with two attached hydrogens (primary N) is 1. The summed E-state index contributed by atoms with van der Waals surface area (Å²) in [4.78, 5) is 23.3. The molecule has 1 aromatic rings. The molecule has 0 heterocycles. The highest BCUT2D eigenvalue weighted by atomic mass is 16.4. The van der Waals surface area contributed by atoms with Crippen molar-refractivity contribution in [3.05, 3.63) is 29.8 Å². The number of hydrogen-bond donors (Lipinski definition) is 3. The lowest BCUT2D eigenvalue weighted by Gasteiger charge is -2.27. The molecule has 0 aliphatic rings. The zero-order chi connectivity index (χ0) is 15.5. The summed E-state index contributed by atoms with van der Waals surface area (Å²) in [6.45, 7) is 6.86. The molecule has 0 bridgehead atoms. The Balaban J connectivity index is 2.84. The minimum Gasteiger partial charge on any atom is -0.481 e. The Morgan fingerprint density at radius 2 is 1.70 bits per heavy atom. The predicted molar refractivity (Wildman–Crippen MR) is 78.3 cm³/mol.